The zero-order valence-corrected chi connectivity index (χ0v) is 11.3. The van der Waals surface area contributed by atoms with Crippen LogP contribution in [0.4, 0.5) is 0 Å². The highest BCUT2D eigenvalue weighted by Gasteiger charge is 2.56. The summed E-state index contributed by atoms with van der Waals surface area (Å²) in [7, 11) is 1.34. The first kappa shape index (κ1) is 12.0. The van der Waals surface area contributed by atoms with Crippen LogP contribution < -0.4 is 0 Å². The van der Waals surface area contributed by atoms with Crippen molar-refractivity contribution < 1.29 is 13.2 Å². The molecule has 1 aliphatic carbocycles. The topological polar surface area (TPSA) is 54.5 Å². The molecule has 1 aliphatic heterocycles. The van der Waals surface area contributed by atoms with E-state index < -0.39 is 15.3 Å². The van der Waals surface area contributed by atoms with E-state index >= 15 is 0 Å². The van der Waals surface area contributed by atoms with Crippen molar-refractivity contribution in [3.63, 3.8) is 0 Å². The van der Waals surface area contributed by atoms with E-state index in [0.29, 0.717) is 6.42 Å². The number of carbonyl (C=O) groups excluding carboxylic acids is 1. The van der Waals surface area contributed by atoms with Gasteiger partial charge in [-0.15, -0.1) is 0 Å². The third-order valence-corrected chi connectivity index (χ3v) is 5.18. The van der Waals surface area contributed by atoms with Crippen LogP contribution in [-0.4, -0.2) is 18.6 Å². The van der Waals surface area contributed by atoms with Crippen LogP contribution in [0.25, 0.3) is 0 Å². The molecule has 1 amide bonds. The molecule has 1 saturated heterocycles. The number of carbonyl (C=O) groups is 1. The molecule has 2 aliphatic rings. The molecule has 0 N–H and O–H groups in total. The standard InChI is InChI=1S/C12H12ClNO3S/c1-7-6-10-11(9-5-3-2-4-8(7)9)14(12(10)15)18(13,16)17/h2-5,7,10-11H,6H2,1H3. The average molecular weight is 286 g/mol. The Morgan fingerprint density at radius 1 is 1.28 bits per heavy atom. The van der Waals surface area contributed by atoms with E-state index in [1.807, 2.05) is 24.3 Å². The molecule has 1 heterocycles. The number of β-lactam (4-membered cyclic amide) rings is 1. The van der Waals surface area contributed by atoms with Crippen LogP contribution in [0.1, 0.15) is 36.4 Å². The van der Waals surface area contributed by atoms with E-state index in [1.54, 1.807) is 0 Å². The second kappa shape index (κ2) is 3.71. The highest BCUT2D eigenvalue weighted by atomic mass is 35.7. The van der Waals surface area contributed by atoms with Crippen LogP contribution in [0.15, 0.2) is 24.3 Å². The number of nitrogens with zero attached hydrogens (tertiary/aromatic N) is 1. The molecule has 0 saturated carbocycles. The van der Waals surface area contributed by atoms with Gasteiger partial charge in [0.25, 0.3) is 0 Å². The Kier molecular flexibility index (Phi) is 2.47. The Balaban J connectivity index is 2.12. The number of hydrogen-bond acceptors (Lipinski definition) is 3. The minimum atomic E-state index is -3.99. The molecule has 3 rings (SSSR count). The molecule has 6 heteroatoms. The van der Waals surface area contributed by atoms with Gasteiger partial charge in [-0.05, 0) is 23.5 Å². The monoisotopic (exact) mass is 285 g/mol. The second-order valence-corrected chi connectivity index (χ2v) is 7.28. The molecule has 1 fully saturated rings. The summed E-state index contributed by atoms with van der Waals surface area (Å²) in [5.74, 6) is -0.355. The van der Waals surface area contributed by atoms with Gasteiger partial charge in [0.2, 0.25) is 5.91 Å². The lowest BCUT2D eigenvalue weighted by Gasteiger charge is -2.49. The smallest absolute Gasteiger partial charge is 0.273 e. The van der Waals surface area contributed by atoms with E-state index in [2.05, 4.69) is 6.92 Å². The summed E-state index contributed by atoms with van der Waals surface area (Å²) in [5, 5.41) is 0. The van der Waals surface area contributed by atoms with Crippen LogP contribution in [-0.2, 0) is 14.0 Å². The molecule has 3 atom stereocenters. The van der Waals surface area contributed by atoms with Crippen molar-refractivity contribution in [3.8, 4) is 0 Å². The largest absolute Gasteiger partial charge is 0.324 e. The first-order valence-corrected chi connectivity index (χ1v) is 8.04. The minimum absolute atomic E-state index is 0.247. The summed E-state index contributed by atoms with van der Waals surface area (Å²) in [6, 6.07) is 7.24. The Hall–Kier alpha value is -1.07. The number of amides is 1. The van der Waals surface area contributed by atoms with Crippen molar-refractivity contribution >= 4 is 25.8 Å². The molecular weight excluding hydrogens is 274 g/mol. The highest BCUT2D eigenvalue weighted by Crippen LogP contribution is 2.52. The maximum Gasteiger partial charge on any atom is 0.324 e. The van der Waals surface area contributed by atoms with Gasteiger partial charge in [-0.1, -0.05) is 31.2 Å². The Morgan fingerprint density at radius 3 is 2.50 bits per heavy atom. The normalized spacial score (nSPS) is 30.4. The number of fused-ring (bicyclic) bond motifs is 3. The Morgan fingerprint density at radius 2 is 1.89 bits per heavy atom. The molecule has 0 spiro atoms. The van der Waals surface area contributed by atoms with Gasteiger partial charge in [0.15, 0.2) is 0 Å². The zero-order chi connectivity index (χ0) is 13.1. The predicted molar refractivity (Wildman–Crippen MR) is 67.3 cm³/mol. The fraction of sp³-hybridized carbons (Fsp3) is 0.417. The lowest BCUT2D eigenvalue weighted by molar-refractivity contribution is -0.148. The molecule has 1 aromatic carbocycles. The van der Waals surface area contributed by atoms with Crippen molar-refractivity contribution in [3.05, 3.63) is 35.4 Å². The van der Waals surface area contributed by atoms with Crippen molar-refractivity contribution in [2.75, 3.05) is 0 Å². The summed E-state index contributed by atoms with van der Waals surface area (Å²) in [4.78, 5) is 11.9. The highest BCUT2D eigenvalue weighted by molar-refractivity contribution is 8.12. The fourth-order valence-electron chi connectivity index (χ4n) is 3.07. The predicted octanol–water partition coefficient (Wildman–Crippen LogP) is 2.18. The van der Waals surface area contributed by atoms with Gasteiger partial charge in [-0.3, -0.25) is 4.79 Å². The minimum Gasteiger partial charge on any atom is -0.273 e. The summed E-state index contributed by atoms with van der Waals surface area (Å²) < 4.78 is 23.7. The van der Waals surface area contributed by atoms with Gasteiger partial charge in [0.05, 0.1) is 12.0 Å². The van der Waals surface area contributed by atoms with Gasteiger partial charge < -0.3 is 0 Å². The van der Waals surface area contributed by atoms with Gasteiger partial charge >= 0.3 is 9.24 Å². The summed E-state index contributed by atoms with van der Waals surface area (Å²) in [5.41, 5.74) is 2.02. The number of benzene rings is 1. The molecule has 0 bridgehead atoms. The summed E-state index contributed by atoms with van der Waals surface area (Å²) in [6.07, 6.45) is 0.684. The second-order valence-electron chi connectivity index (χ2n) is 4.89. The van der Waals surface area contributed by atoms with Gasteiger partial charge in [0.1, 0.15) is 0 Å². The third-order valence-electron chi connectivity index (χ3n) is 3.86. The molecule has 0 radical (unpaired) electrons. The number of hydrogen-bond donors (Lipinski definition) is 0. The van der Waals surface area contributed by atoms with Gasteiger partial charge in [0, 0.05) is 10.7 Å². The molecule has 96 valence electrons. The van der Waals surface area contributed by atoms with Crippen LogP contribution in [0, 0.1) is 5.92 Å². The lowest BCUT2D eigenvalue weighted by atomic mass is 9.70. The van der Waals surface area contributed by atoms with Crippen LogP contribution in [0.5, 0.6) is 0 Å². The first-order valence-electron chi connectivity index (χ1n) is 5.78. The third kappa shape index (κ3) is 1.50. The van der Waals surface area contributed by atoms with Crippen molar-refractivity contribution in [1.29, 1.82) is 0 Å². The fourth-order valence-corrected chi connectivity index (χ4v) is 4.41. The average Bonchev–Trinajstić information content (AvgIpc) is 2.30. The Bertz CT molecular complexity index is 628. The maximum atomic E-state index is 11.9. The molecule has 3 unspecified atom stereocenters. The molecule has 18 heavy (non-hydrogen) atoms. The number of halogens is 1. The Labute approximate surface area is 110 Å². The van der Waals surface area contributed by atoms with E-state index in [9.17, 15) is 13.2 Å². The number of rotatable bonds is 1. The van der Waals surface area contributed by atoms with Crippen molar-refractivity contribution in [2.24, 2.45) is 5.92 Å². The molecule has 0 aromatic heterocycles. The molecule has 4 nitrogen and oxygen atoms in total. The maximum absolute atomic E-state index is 11.9. The summed E-state index contributed by atoms with van der Waals surface area (Å²) in [6.45, 7) is 2.06. The van der Waals surface area contributed by atoms with Crippen LogP contribution >= 0.6 is 10.7 Å². The van der Waals surface area contributed by atoms with E-state index in [4.69, 9.17) is 10.7 Å². The van der Waals surface area contributed by atoms with Gasteiger partial charge in [-0.25, -0.2) is 4.31 Å². The van der Waals surface area contributed by atoms with Gasteiger partial charge in [-0.2, -0.15) is 8.42 Å². The van der Waals surface area contributed by atoms with E-state index in [0.717, 1.165) is 15.4 Å². The van der Waals surface area contributed by atoms with E-state index in [1.165, 1.54) is 0 Å². The SMILES string of the molecule is CC1CC2C(=O)N(S(=O)(=O)Cl)C2c2ccccc21. The zero-order valence-electron chi connectivity index (χ0n) is 9.71. The molecular formula is C12H12ClNO3S. The molecule has 1 aromatic rings. The first-order chi connectivity index (χ1) is 8.41. The quantitative estimate of drug-likeness (QED) is 0.587. The van der Waals surface area contributed by atoms with Crippen molar-refractivity contribution in [1.82, 2.24) is 4.31 Å². The van der Waals surface area contributed by atoms with Crippen LogP contribution in [0.3, 0.4) is 0 Å². The lowest BCUT2D eigenvalue weighted by Crippen LogP contribution is -2.57. The van der Waals surface area contributed by atoms with Crippen LogP contribution in [0.2, 0.25) is 0 Å². The van der Waals surface area contributed by atoms with E-state index in [-0.39, 0.29) is 17.7 Å². The summed E-state index contributed by atoms with van der Waals surface area (Å²) >= 11 is 0. The van der Waals surface area contributed by atoms with Crippen molar-refractivity contribution in [2.45, 2.75) is 25.3 Å².